The summed E-state index contributed by atoms with van der Waals surface area (Å²) >= 11 is 0. The molecule has 0 amide bonds. The van der Waals surface area contributed by atoms with E-state index in [2.05, 4.69) is 27.2 Å². The van der Waals surface area contributed by atoms with Gasteiger partial charge in [0.15, 0.2) is 0 Å². The zero-order valence-corrected chi connectivity index (χ0v) is 15.0. The minimum atomic E-state index is 0.0608. The molecule has 0 spiro atoms. The second kappa shape index (κ2) is 6.00. The zero-order chi connectivity index (χ0) is 17.7. The summed E-state index contributed by atoms with van der Waals surface area (Å²) in [5, 5.41) is 4.31. The third-order valence-corrected chi connectivity index (χ3v) is 5.96. The van der Waals surface area contributed by atoms with Crippen molar-refractivity contribution in [2.75, 3.05) is 13.1 Å². The quantitative estimate of drug-likeness (QED) is 0.760. The Balaban J connectivity index is 1.77. The molecule has 5 rings (SSSR count). The van der Waals surface area contributed by atoms with E-state index < -0.39 is 0 Å². The molecule has 1 fully saturated rings. The highest BCUT2D eigenvalue weighted by Crippen LogP contribution is 2.36. The number of nitrogens with zero attached hydrogens (tertiary/aromatic N) is 4. The van der Waals surface area contributed by atoms with Gasteiger partial charge in [0.25, 0.3) is 0 Å². The van der Waals surface area contributed by atoms with Gasteiger partial charge >= 0.3 is 5.69 Å². The summed E-state index contributed by atoms with van der Waals surface area (Å²) in [5.41, 5.74) is 2.81. The predicted molar refractivity (Wildman–Crippen MR) is 103 cm³/mol. The third kappa shape index (κ3) is 2.29. The Hall–Kier alpha value is -2.57. The number of aliphatic imine (C=N–C) groups is 1. The third-order valence-electron chi connectivity index (χ3n) is 5.96. The van der Waals surface area contributed by atoms with Gasteiger partial charge in [0.05, 0.1) is 30.3 Å². The summed E-state index contributed by atoms with van der Waals surface area (Å²) in [7, 11) is 0. The average molecular weight is 352 g/mol. The van der Waals surface area contributed by atoms with Crippen molar-refractivity contribution in [2.24, 2.45) is 10.9 Å². The van der Waals surface area contributed by atoms with E-state index in [-0.39, 0.29) is 11.7 Å². The number of aromatic nitrogens is 4. The fourth-order valence-electron chi connectivity index (χ4n) is 4.61. The lowest BCUT2D eigenvalue weighted by Gasteiger charge is -2.29. The number of aromatic amines is 1. The molecule has 7 nitrogen and oxygen atoms in total. The number of H-pyrrole nitrogens is 1. The van der Waals surface area contributed by atoms with Crippen molar-refractivity contribution >= 4 is 27.9 Å². The molecule has 0 aromatic carbocycles. The summed E-state index contributed by atoms with van der Waals surface area (Å²) in [6.45, 7) is 4.39. The molecule has 26 heavy (non-hydrogen) atoms. The largest absolute Gasteiger partial charge is 0.370 e. The number of imidazole rings is 1. The van der Waals surface area contributed by atoms with Gasteiger partial charge in [-0.2, -0.15) is 0 Å². The van der Waals surface area contributed by atoms with Gasteiger partial charge in [-0.25, -0.2) is 9.78 Å². The lowest BCUT2D eigenvalue weighted by Crippen LogP contribution is -2.34. The van der Waals surface area contributed by atoms with Gasteiger partial charge in [-0.15, -0.1) is 0 Å². The molecular weight excluding hydrogens is 328 g/mol. The van der Waals surface area contributed by atoms with Crippen LogP contribution in [-0.4, -0.2) is 38.0 Å². The number of nitrogens with one attached hydrogen (secondary N) is 2. The second-order valence-corrected chi connectivity index (χ2v) is 7.56. The second-order valence-electron chi connectivity index (χ2n) is 7.56. The molecule has 3 aromatic heterocycles. The number of fused-ring (bicyclic) bond motifs is 3. The Morgan fingerprint density at radius 3 is 3.00 bits per heavy atom. The van der Waals surface area contributed by atoms with Crippen LogP contribution in [0.2, 0.25) is 0 Å². The molecule has 0 saturated heterocycles. The van der Waals surface area contributed by atoms with Gasteiger partial charge in [-0.3, -0.25) is 14.1 Å². The standard InChI is InChI=1S/C19H24N6O/c1-12-4-2-3-5-14(12)25-17-13-6-7-22-18(13)23-10-15(17)24(19(25)26)11-16-20-8-9-21-16/h6-7,10,12,14H,2-5,8-9,11H2,1H3,(H,20,21)(H,22,23)/t12-,14+/m1/s1. The molecule has 1 saturated carbocycles. The van der Waals surface area contributed by atoms with Gasteiger partial charge in [-0.05, 0) is 24.8 Å². The number of rotatable bonds is 3. The molecule has 4 heterocycles. The van der Waals surface area contributed by atoms with Crippen LogP contribution in [0.25, 0.3) is 22.1 Å². The van der Waals surface area contributed by atoms with Crippen LogP contribution >= 0.6 is 0 Å². The monoisotopic (exact) mass is 352 g/mol. The van der Waals surface area contributed by atoms with Crippen LogP contribution in [0.3, 0.4) is 0 Å². The Kier molecular flexibility index (Phi) is 3.62. The van der Waals surface area contributed by atoms with Crippen LogP contribution < -0.4 is 11.0 Å². The lowest BCUT2D eigenvalue weighted by atomic mass is 9.85. The maximum Gasteiger partial charge on any atom is 0.329 e. The number of hydrogen-bond acceptors (Lipinski definition) is 4. The van der Waals surface area contributed by atoms with Crippen LogP contribution in [-0.2, 0) is 6.54 Å². The van der Waals surface area contributed by atoms with Crippen molar-refractivity contribution in [2.45, 2.75) is 45.2 Å². The molecular formula is C19H24N6O. The minimum absolute atomic E-state index is 0.0608. The van der Waals surface area contributed by atoms with E-state index in [0.717, 1.165) is 47.4 Å². The summed E-state index contributed by atoms with van der Waals surface area (Å²) < 4.78 is 3.89. The topological polar surface area (TPSA) is 80.0 Å². The highest BCUT2D eigenvalue weighted by atomic mass is 16.1. The Bertz CT molecular complexity index is 1060. The SMILES string of the molecule is C[C@@H]1CCCC[C@@H]1n1c(=O)n(CC2=NCCN2)c2cnc3[nH]ccc3c21. The molecule has 1 aliphatic heterocycles. The van der Waals surface area contributed by atoms with E-state index in [1.807, 2.05) is 27.6 Å². The molecule has 7 heteroatoms. The van der Waals surface area contributed by atoms with E-state index in [1.165, 1.54) is 19.3 Å². The normalized spacial score (nSPS) is 23.5. The van der Waals surface area contributed by atoms with Crippen LogP contribution in [0, 0.1) is 5.92 Å². The van der Waals surface area contributed by atoms with Gasteiger partial charge in [-0.1, -0.05) is 19.8 Å². The van der Waals surface area contributed by atoms with Crippen molar-refractivity contribution in [3.05, 3.63) is 28.9 Å². The predicted octanol–water partition coefficient (Wildman–Crippen LogP) is 2.43. The van der Waals surface area contributed by atoms with Crippen molar-refractivity contribution in [1.82, 2.24) is 24.4 Å². The Labute approximate surface area is 151 Å². The van der Waals surface area contributed by atoms with Crippen LogP contribution in [0.5, 0.6) is 0 Å². The maximum absolute atomic E-state index is 13.5. The van der Waals surface area contributed by atoms with E-state index in [0.29, 0.717) is 12.5 Å². The van der Waals surface area contributed by atoms with Crippen molar-refractivity contribution in [1.29, 1.82) is 0 Å². The van der Waals surface area contributed by atoms with E-state index in [1.54, 1.807) is 0 Å². The highest BCUT2D eigenvalue weighted by Gasteiger charge is 2.29. The fraction of sp³-hybridized carbons (Fsp3) is 0.526. The first-order valence-corrected chi connectivity index (χ1v) is 9.58. The Morgan fingerprint density at radius 2 is 2.19 bits per heavy atom. The first-order valence-electron chi connectivity index (χ1n) is 9.58. The number of amidine groups is 1. The molecule has 2 atom stereocenters. The summed E-state index contributed by atoms with van der Waals surface area (Å²) in [4.78, 5) is 25.7. The summed E-state index contributed by atoms with van der Waals surface area (Å²) in [6, 6.07) is 2.28. The lowest BCUT2D eigenvalue weighted by molar-refractivity contribution is 0.256. The molecule has 3 aromatic rings. The van der Waals surface area contributed by atoms with Gasteiger partial charge < -0.3 is 10.3 Å². The van der Waals surface area contributed by atoms with Crippen molar-refractivity contribution < 1.29 is 0 Å². The number of hydrogen-bond donors (Lipinski definition) is 2. The maximum atomic E-state index is 13.5. The van der Waals surface area contributed by atoms with Crippen LogP contribution in [0.4, 0.5) is 0 Å². The summed E-state index contributed by atoms with van der Waals surface area (Å²) in [5.74, 6) is 1.39. The van der Waals surface area contributed by atoms with Crippen molar-refractivity contribution in [3.63, 3.8) is 0 Å². The first-order chi connectivity index (χ1) is 12.7. The molecule has 0 bridgehead atoms. The summed E-state index contributed by atoms with van der Waals surface area (Å²) in [6.07, 6.45) is 8.41. The molecule has 1 aliphatic carbocycles. The smallest absolute Gasteiger partial charge is 0.329 e. The fourth-order valence-corrected chi connectivity index (χ4v) is 4.61. The average Bonchev–Trinajstić information content (AvgIpc) is 3.37. The highest BCUT2D eigenvalue weighted by molar-refractivity contribution is 6.01. The minimum Gasteiger partial charge on any atom is -0.370 e. The van der Waals surface area contributed by atoms with E-state index >= 15 is 0 Å². The molecule has 2 N–H and O–H groups in total. The van der Waals surface area contributed by atoms with Gasteiger partial charge in [0.2, 0.25) is 0 Å². The Morgan fingerprint density at radius 1 is 1.31 bits per heavy atom. The zero-order valence-electron chi connectivity index (χ0n) is 15.0. The van der Waals surface area contributed by atoms with Crippen LogP contribution in [0.15, 0.2) is 28.2 Å². The molecule has 0 unspecified atom stereocenters. The first kappa shape index (κ1) is 15.7. The molecule has 0 radical (unpaired) electrons. The van der Waals surface area contributed by atoms with Crippen LogP contribution in [0.1, 0.15) is 38.6 Å². The van der Waals surface area contributed by atoms with E-state index in [4.69, 9.17) is 0 Å². The molecule has 136 valence electrons. The van der Waals surface area contributed by atoms with Gasteiger partial charge in [0.1, 0.15) is 11.5 Å². The molecule has 2 aliphatic rings. The number of pyridine rings is 1. The van der Waals surface area contributed by atoms with E-state index in [9.17, 15) is 4.79 Å². The van der Waals surface area contributed by atoms with Gasteiger partial charge in [0, 0.05) is 24.2 Å². The van der Waals surface area contributed by atoms with Crippen molar-refractivity contribution in [3.8, 4) is 0 Å².